The molecule has 0 aromatic heterocycles. The number of nitrogens with zero attached hydrogens (tertiary/aromatic N) is 1. The molecule has 18 heavy (non-hydrogen) atoms. The van der Waals surface area contributed by atoms with E-state index in [2.05, 4.69) is 27.8 Å². The predicted molar refractivity (Wildman–Crippen MR) is 83.4 cm³/mol. The maximum absolute atomic E-state index is 3.84. The van der Waals surface area contributed by atoms with Gasteiger partial charge in [0.1, 0.15) is 0 Å². The highest BCUT2D eigenvalue weighted by Gasteiger charge is 2.33. The summed E-state index contributed by atoms with van der Waals surface area (Å²) in [5, 5.41) is 1.21. The van der Waals surface area contributed by atoms with Gasteiger partial charge in [0.05, 0.1) is 0 Å². The van der Waals surface area contributed by atoms with Crippen LogP contribution in [0.25, 0.3) is 0 Å². The van der Waals surface area contributed by atoms with Gasteiger partial charge in [-0.1, -0.05) is 48.5 Å². The van der Waals surface area contributed by atoms with Crippen LogP contribution in [-0.2, 0) is 0 Å². The summed E-state index contributed by atoms with van der Waals surface area (Å²) < 4.78 is 0. The van der Waals surface area contributed by atoms with Crippen molar-refractivity contribution in [3.63, 3.8) is 0 Å². The van der Waals surface area contributed by atoms with Crippen LogP contribution >= 0.6 is 15.9 Å². The summed E-state index contributed by atoms with van der Waals surface area (Å²) in [5.41, 5.74) is 0.584. The Balaban J connectivity index is 1.91. The second-order valence-corrected chi connectivity index (χ2v) is 7.29. The highest BCUT2D eigenvalue weighted by molar-refractivity contribution is 9.09. The average molecular weight is 316 g/mol. The number of hydrogen-bond acceptors (Lipinski definition) is 1. The molecular formula is C16H30BrN. The number of rotatable bonds is 7. The smallest absolute Gasteiger partial charge is 0.0100 e. The van der Waals surface area contributed by atoms with Gasteiger partial charge in [-0.05, 0) is 50.0 Å². The summed E-state index contributed by atoms with van der Waals surface area (Å²) in [5.74, 6) is 1.04. The van der Waals surface area contributed by atoms with Crippen LogP contribution in [0.1, 0.15) is 64.7 Å². The van der Waals surface area contributed by atoms with Gasteiger partial charge in [-0.3, -0.25) is 0 Å². The molecule has 2 fully saturated rings. The van der Waals surface area contributed by atoms with Crippen LogP contribution < -0.4 is 0 Å². The van der Waals surface area contributed by atoms with Crippen LogP contribution in [0.2, 0.25) is 0 Å². The monoisotopic (exact) mass is 315 g/mol. The van der Waals surface area contributed by atoms with Crippen molar-refractivity contribution in [2.75, 3.05) is 25.0 Å². The van der Waals surface area contributed by atoms with Crippen LogP contribution in [0.15, 0.2) is 0 Å². The maximum Gasteiger partial charge on any atom is 0.0100 e. The van der Waals surface area contributed by atoms with Gasteiger partial charge in [0.25, 0.3) is 0 Å². The predicted octanol–water partition coefficient (Wildman–Crippen LogP) is 4.84. The minimum Gasteiger partial charge on any atom is -0.302 e. The van der Waals surface area contributed by atoms with Crippen molar-refractivity contribution in [2.24, 2.45) is 11.3 Å². The van der Waals surface area contributed by atoms with E-state index in [0.717, 1.165) is 5.92 Å². The summed E-state index contributed by atoms with van der Waals surface area (Å²) in [7, 11) is 0. The molecule has 2 rings (SSSR count). The lowest BCUT2D eigenvalue weighted by Crippen LogP contribution is -2.40. The molecule has 2 saturated carbocycles. The van der Waals surface area contributed by atoms with E-state index in [1.807, 2.05) is 0 Å². The van der Waals surface area contributed by atoms with E-state index < -0.39 is 0 Å². The molecule has 1 nitrogen and oxygen atoms in total. The first-order valence-corrected chi connectivity index (χ1v) is 9.18. The zero-order valence-corrected chi connectivity index (χ0v) is 13.7. The molecular weight excluding hydrogens is 286 g/mol. The van der Waals surface area contributed by atoms with Gasteiger partial charge in [-0.15, -0.1) is 0 Å². The topological polar surface area (TPSA) is 3.24 Å². The molecule has 0 bridgehead atoms. The third kappa shape index (κ3) is 4.52. The molecule has 0 aliphatic heterocycles. The zero-order chi connectivity index (χ0) is 12.8. The molecule has 0 radical (unpaired) electrons. The maximum atomic E-state index is 3.84. The Morgan fingerprint density at radius 1 is 1.11 bits per heavy atom. The van der Waals surface area contributed by atoms with Crippen LogP contribution in [0.5, 0.6) is 0 Å². The molecule has 2 aliphatic carbocycles. The molecule has 0 amide bonds. The quantitative estimate of drug-likeness (QED) is 0.480. The normalized spacial score (nSPS) is 24.2. The molecule has 106 valence electrons. The van der Waals surface area contributed by atoms with Crippen molar-refractivity contribution >= 4 is 15.9 Å². The lowest BCUT2D eigenvalue weighted by molar-refractivity contribution is 0.146. The Morgan fingerprint density at radius 3 is 2.28 bits per heavy atom. The van der Waals surface area contributed by atoms with E-state index >= 15 is 0 Å². The molecule has 2 aliphatic rings. The Labute approximate surface area is 122 Å². The van der Waals surface area contributed by atoms with Crippen LogP contribution in [0.3, 0.4) is 0 Å². The second-order valence-electron chi connectivity index (χ2n) is 6.73. The molecule has 0 atom stereocenters. The minimum atomic E-state index is 0.584. The molecule has 0 heterocycles. The van der Waals surface area contributed by atoms with Crippen molar-refractivity contribution < 1.29 is 0 Å². The lowest BCUT2D eigenvalue weighted by Gasteiger charge is -2.37. The number of hydrogen-bond donors (Lipinski definition) is 0. The SMILES string of the molecule is CCCN(CC1CC1)CC1(CBr)CCCCCC1. The Hall–Kier alpha value is 0.440. The van der Waals surface area contributed by atoms with Crippen LogP contribution in [0.4, 0.5) is 0 Å². The first kappa shape index (κ1) is 14.8. The molecule has 0 spiro atoms. The van der Waals surface area contributed by atoms with Crippen molar-refractivity contribution in [2.45, 2.75) is 64.7 Å². The highest BCUT2D eigenvalue weighted by Crippen LogP contribution is 2.38. The third-order valence-corrected chi connectivity index (χ3v) is 5.95. The van der Waals surface area contributed by atoms with Gasteiger partial charge in [-0.25, -0.2) is 0 Å². The summed E-state index contributed by atoms with van der Waals surface area (Å²) in [6.45, 7) is 6.37. The second kappa shape index (κ2) is 7.28. The van der Waals surface area contributed by atoms with Crippen molar-refractivity contribution in [3.05, 3.63) is 0 Å². The Bertz CT molecular complexity index is 229. The average Bonchev–Trinajstić information content (AvgIpc) is 3.17. The van der Waals surface area contributed by atoms with E-state index in [0.29, 0.717) is 5.41 Å². The van der Waals surface area contributed by atoms with Gasteiger partial charge in [-0.2, -0.15) is 0 Å². The van der Waals surface area contributed by atoms with Crippen LogP contribution in [-0.4, -0.2) is 29.9 Å². The van der Waals surface area contributed by atoms with E-state index in [1.54, 1.807) is 0 Å². The van der Waals surface area contributed by atoms with Gasteiger partial charge in [0.15, 0.2) is 0 Å². The van der Waals surface area contributed by atoms with Crippen molar-refractivity contribution in [1.82, 2.24) is 4.90 Å². The van der Waals surface area contributed by atoms with Gasteiger partial charge < -0.3 is 4.90 Å². The first-order chi connectivity index (χ1) is 8.78. The molecule has 0 aromatic rings. The zero-order valence-electron chi connectivity index (χ0n) is 12.1. The number of halogens is 1. The minimum absolute atomic E-state index is 0.584. The third-order valence-electron chi connectivity index (χ3n) is 4.76. The van der Waals surface area contributed by atoms with E-state index in [1.165, 1.54) is 82.8 Å². The molecule has 2 heteroatoms. The summed E-state index contributed by atoms with van der Waals surface area (Å²) in [6, 6.07) is 0. The largest absolute Gasteiger partial charge is 0.302 e. The fourth-order valence-corrected chi connectivity index (χ4v) is 4.24. The highest BCUT2D eigenvalue weighted by atomic mass is 79.9. The molecule has 0 aromatic carbocycles. The molecule has 0 N–H and O–H groups in total. The van der Waals surface area contributed by atoms with Crippen molar-refractivity contribution in [1.29, 1.82) is 0 Å². The number of alkyl halides is 1. The van der Waals surface area contributed by atoms with E-state index in [4.69, 9.17) is 0 Å². The molecule has 0 unspecified atom stereocenters. The molecule has 0 saturated heterocycles. The van der Waals surface area contributed by atoms with Gasteiger partial charge in [0.2, 0.25) is 0 Å². The van der Waals surface area contributed by atoms with E-state index in [-0.39, 0.29) is 0 Å². The Kier molecular flexibility index (Phi) is 6.00. The van der Waals surface area contributed by atoms with Gasteiger partial charge >= 0.3 is 0 Å². The summed E-state index contributed by atoms with van der Waals surface area (Å²) in [6.07, 6.45) is 13.0. The van der Waals surface area contributed by atoms with E-state index in [9.17, 15) is 0 Å². The van der Waals surface area contributed by atoms with Crippen LogP contribution in [0, 0.1) is 11.3 Å². The fourth-order valence-electron chi connectivity index (χ4n) is 3.50. The fraction of sp³-hybridized carbons (Fsp3) is 1.00. The Morgan fingerprint density at radius 2 is 1.78 bits per heavy atom. The first-order valence-electron chi connectivity index (χ1n) is 8.06. The van der Waals surface area contributed by atoms with Crippen molar-refractivity contribution in [3.8, 4) is 0 Å². The lowest BCUT2D eigenvalue weighted by atomic mass is 9.82. The standard InChI is InChI=1S/C16H30BrN/c1-2-11-18(12-15-7-8-15)14-16(13-17)9-5-3-4-6-10-16/h15H,2-14H2,1H3. The van der Waals surface area contributed by atoms with Gasteiger partial charge in [0, 0.05) is 18.4 Å². The summed E-state index contributed by atoms with van der Waals surface area (Å²) in [4.78, 5) is 2.78. The summed E-state index contributed by atoms with van der Waals surface area (Å²) >= 11 is 3.84.